The minimum atomic E-state index is -0.633. The zero-order valence-corrected chi connectivity index (χ0v) is 22.7. The van der Waals surface area contributed by atoms with Gasteiger partial charge in [-0.2, -0.15) is 0 Å². The number of hydrogen-bond acceptors (Lipinski definition) is 8. The molecule has 0 heterocycles. The zero-order valence-electron chi connectivity index (χ0n) is 21.9. The van der Waals surface area contributed by atoms with Crippen LogP contribution in [0.25, 0.3) is 0 Å². The molecular weight excluding hydrogens is 496 g/mol. The van der Waals surface area contributed by atoms with Crippen LogP contribution in [0.4, 0.5) is 0 Å². The molecule has 2 rings (SSSR count). The van der Waals surface area contributed by atoms with Gasteiger partial charge in [-0.1, -0.05) is 42.8 Å². The molecule has 0 saturated heterocycles. The number of benzene rings is 2. The van der Waals surface area contributed by atoms with Crippen molar-refractivity contribution < 1.29 is 28.8 Å². The van der Waals surface area contributed by atoms with E-state index in [4.69, 9.17) is 30.5 Å². The fourth-order valence-corrected chi connectivity index (χ4v) is 3.70. The van der Waals surface area contributed by atoms with Crippen molar-refractivity contribution in [2.24, 2.45) is 0 Å². The second-order valence-electron chi connectivity index (χ2n) is 8.44. The quantitative estimate of drug-likeness (QED) is 0.117. The van der Waals surface area contributed by atoms with Crippen molar-refractivity contribution in [1.29, 1.82) is 0 Å². The van der Waals surface area contributed by atoms with Gasteiger partial charge in [-0.3, -0.25) is 15.0 Å². The Balaban J connectivity index is 1.84. The van der Waals surface area contributed by atoms with E-state index in [2.05, 4.69) is 10.2 Å². The van der Waals surface area contributed by atoms with E-state index in [1.807, 2.05) is 43.3 Å². The zero-order chi connectivity index (χ0) is 26.9. The molecule has 8 nitrogen and oxygen atoms in total. The standard InChI is InChI=1S/C28H39ClN2O6/c1-4-28(35-3)30-27(33)8-7-16-36-21-31(19-22-9-13-25(34-2)14-10-22)15-5-6-17-37-26-18-24(29)12-11-23(26)20-32/h5-6,9-14,18,20,27-28,30,33H,4,7-8,15-17,19,21H2,1-3H3/b6-5+. The molecule has 2 aromatic rings. The number of carbonyl (C=O) groups is 1. The molecule has 0 aliphatic heterocycles. The summed E-state index contributed by atoms with van der Waals surface area (Å²) in [5.74, 6) is 1.27. The van der Waals surface area contributed by atoms with Crippen molar-refractivity contribution in [1.82, 2.24) is 10.2 Å². The first kappa shape index (κ1) is 30.8. The molecule has 2 N–H and O–H groups in total. The van der Waals surface area contributed by atoms with Crippen LogP contribution >= 0.6 is 11.6 Å². The number of nitrogens with one attached hydrogen (secondary N) is 1. The number of methoxy groups -OCH3 is 2. The molecule has 2 atom stereocenters. The van der Waals surface area contributed by atoms with Crippen LogP contribution in [0.3, 0.4) is 0 Å². The fourth-order valence-electron chi connectivity index (χ4n) is 3.54. The number of hydrogen-bond donors (Lipinski definition) is 2. The van der Waals surface area contributed by atoms with Crippen LogP contribution in [0, 0.1) is 0 Å². The number of halogens is 1. The molecule has 0 saturated carbocycles. The number of aldehydes is 1. The number of carbonyl (C=O) groups excluding carboxylic acids is 1. The summed E-state index contributed by atoms with van der Waals surface area (Å²) in [6, 6.07) is 12.9. The van der Waals surface area contributed by atoms with Crippen molar-refractivity contribution in [3.05, 3.63) is 70.8 Å². The van der Waals surface area contributed by atoms with Crippen molar-refractivity contribution in [2.75, 3.05) is 40.7 Å². The van der Waals surface area contributed by atoms with Crippen molar-refractivity contribution in [2.45, 2.75) is 45.2 Å². The van der Waals surface area contributed by atoms with Crippen LogP contribution in [-0.2, 0) is 16.0 Å². The molecule has 0 aliphatic carbocycles. The normalized spacial score (nSPS) is 13.1. The van der Waals surface area contributed by atoms with E-state index >= 15 is 0 Å². The summed E-state index contributed by atoms with van der Waals surface area (Å²) in [5.41, 5.74) is 1.59. The van der Waals surface area contributed by atoms with Gasteiger partial charge in [0.05, 0.1) is 19.4 Å². The molecule has 37 heavy (non-hydrogen) atoms. The van der Waals surface area contributed by atoms with E-state index in [9.17, 15) is 9.90 Å². The molecule has 204 valence electrons. The molecular formula is C28H39ClN2O6. The van der Waals surface area contributed by atoms with Crippen LogP contribution < -0.4 is 14.8 Å². The summed E-state index contributed by atoms with van der Waals surface area (Å²) in [4.78, 5) is 13.4. The molecule has 9 heteroatoms. The average Bonchev–Trinajstić information content (AvgIpc) is 2.91. The number of rotatable bonds is 19. The third-order valence-corrected chi connectivity index (χ3v) is 5.84. The lowest BCUT2D eigenvalue weighted by Gasteiger charge is -2.22. The Hall–Kier alpha value is -2.46. The molecule has 0 fully saturated rings. The maximum atomic E-state index is 11.2. The summed E-state index contributed by atoms with van der Waals surface area (Å²) in [6.07, 6.45) is 5.93. The van der Waals surface area contributed by atoms with E-state index < -0.39 is 6.23 Å². The van der Waals surface area contributed by atoms with Gasteiger partial charge in [0.25, 0.3) is 0 Å². The van der Waals surface area contributed by atoms with Crippen molar-refractivity contribution >= 4 is 17.9 Å². The first-order chi connectivity index (χ1) is 18.0. The summed E-state index contributed by atoms with van der Waals surface area (Å²) in [5, 5.41) is 13.7. The van der Waals surface area contributed by atoms with Gasteiger partial charge in [0.2, 0.25) is 0 Å². The van der Waals surface area contributed by atoms with E-state index in [0.29, 0.717) is 62.2 Å². The van der Waals surface area contributed by atoms with Gasteiger partial charge < -0.3 is 24.1 Å². The minimum absolute atomic E-state index is 0.157. The Labute approximate surface area is 225 Å². The number of aliphatic hydroxyl groups is 1. The molecule has 2 unspecified atom stereocenters. The molecule has 0 aromatic heterocycles. The summed E-state index contributed by atoms with van der Waals surface area (Å²) in [7, 11) is 3.27. The summed E-state index contributed by atoms with van der Waals surface area (Å²) >= 11 is 6.01. The number of nitrogens with zero attached hydrogens (tertiary/aromatic N) is 1. The smallest absolute Gasteiger partial charge is 0.153 e. The predicted molar refractivity (Wildman–Crippen MR) is 145 cm³/mol. The number of ether oxygens (including phenoxy) is 4. The molecule has 0 bridgehead atoms. The lowest BCUT2D eigenvalue weighted by molar-refractivity contribution is -0.00427. The minimum Gasteiger partial charge on any atom is -0.497 e. The van der Waals surface area contributed by atoms with Crippen LogP contribution in [-0.4, -0.2) is 69.5 Å². The summed E-state index contributed by atoms with van der Waals surface area (Å²) in [6.45, 7) is 4.59. The lowest BCUT2D eigenvalue weighted by atomic mass is 10.2. The topological polar surface area (TPSA) is 89.5 Å². The van der Waals surface area contributed by atoms with Crippen LogP contribution in [0.5, 0.6) is 11.5 Å². The van der Waals surface area contributed by atoms with Gasteiger partial charge in [-0.25, -0.2) is 0 Å². The molecule has 0 radical (unpaired) electrons. The molecule has 2 aromatic carbocycles. The third-order valence-electron chi connectivity index (χ3n) is 5.61. The highest BCUT2D eigenvalue weighted by atomic mass is 35.5. The SMILES string of the molecule is CCC(NC(O)CCCOCN(C/C=C/COc1cc(Cl)ccc1C=O)Cc1ccc(OC)cc1)OC. The highest BCUT2D eigenvalue weighted by molar-refractivity contribution is 6.30. The Kier molecular flexibility index (Phi) is 14.9. The number of aliphatic hydroxyl groups excluding tert-OH is 1. The predicted octanol–water partition coefficient (Wildman–Crippen LogP) is 4.64. The van der Waals surface area contributed by atoms with E-state index in [0.717, 1.165) is 24.0 Å². The lowest BCUT2D eigenvalue weighted by Crippen LogP contribution is -2.39. The van der Waals surface area contributed by atoms with Crippen LogP contribution in [0.15, 0.2) is 54.6 Å². The van der Waals surface area contributed by atoms with Gasteiger partial charge in [-0.05, 0) is 55.2 Å². The largest absolute Gasteiger partial charge is 0.497 e. The summed E-state index contributed by atoms with van der Waals surface area (Å²) < 4.78 is 22.1. The molecule has 0 aliphatic rings. The van der Waals surface area contributed by atoms with Crippen molar-refractivity contribution in [3.63, 3.8) is 0 Å². The highest BCUT2D eigenvalue weighted by Gasteiger charge is 2.11. The average molecular weight is 535 g/mol. The van der Waals surface area contributed by atoms with Crippen LogP contribution in [0.1, 0.15) is 42.1 Å². The van der Waals surface area contributed by atoms with E-state index in [1.165, 1.54) is 0 Å². The fraction of sp³-hybridized carbons (Fsp3) is 0.464. The van der Waals surface area contributed by atoms with E-state index in [-0.39, 0.29) is 6.23 Å². The highest BCUT2D eigenvalue weighted by Crippen LogP contribution is 2.22. The third kappa shape index (κ3) is 12.1. The maximum Gasteiger partial charge on any atom is 0.153 e. The first-order valence-corrected chi connectivity index (χ1v) is 12.8. The van der Waals surface area contributed by atoms with Gasteiger partial charge in [0, 0.05) is 31.8 Å². The Morgan fingerprint density at radius 3 is 2.59 bits per heavy atom. The van der Waals surface area contributed by atoms with Gasteiger partial charge in [0.15, 0.2) is 6.29 Å². The molecule has 0 spiro atoms. The van der Waals surface area contributed by atoms with Gasteiger partial charge >= 0.3 is 0 Å². The van der Waals surface area contributed by atoms with E-state index in [1.54, 1.807) is 32.4 Å². The Morgan fingerprint density at radius 1 is 1.14 bits per heavy atom. The Morgan fingerprint density at radius 2 is 1.92 bits per heavy atom. The van der Waals surface area contributed by atoms with Gasteiger partial charge in [-0.15, -0.1) is 0 Å². The molecule has 0 amide bonds. The first-order valence-electron chi connectivity index (χ1n) is 12.4. The Bertz CT molecular complexity index is 937. The van der Waals surface area contributed by atoms with Crippen molar-refractivity contribution in [3.8, 4) is 11.5 Å². The second kappa shape index (κ2) is 17.9. The van der Waals surface area contributed by atoms with Gasteiger partial charge in [0.1, 0.15) is 30.6 Å². The maximum absolute atomic E-state index is 11.2. The van der Waals surface area contributed by atoms with Crippen LogP contribution in [0.2, 0.25) is 5.02 Å². The monoisotopic (exact) mass is 534 g/mol. The second-order valence-corrected chi connectivity index (χ2v) is 8.87.